The first-order chi connectivity index (χ1) is 12.2. The van der Waals surface area contributed by atoms with E-state index in [0.717, 1.165) is 28.5 Å². The Labute approximate surface area is 145 Å². The van der Waals surface area contributed by atoms with E-state index in [2.05, 4.69) is 5.32 Å². The van der Waals surface area contributed by atoms with Crippen LogP contribution >= 0.6 is 0 Å². The summed E-state index contributed by atoms with van der Waals surface area (Å²) in [5.41, 5.74) is 3.50. The summed E-state index contributed by atoms with van der Waals surface area (Å²) in [6.45, 7) is 3.27. The lowest BCUT2D eigenvalue weighted by Gasteiger charge is -2.10. The van der Waals surface area contributed by atoms with Crippen LogP contribution in [0.3, 0.4) is 0 Å². The van der Waals surface area contributed by atoms with Crippen molar-refractivity contribution in [2.75, 3.05) is 18.5 Å². The van der Waals surface area contributed by atoms with Gasteiger partial charge in [-0.25, -0.2) is 0 Å². The summed E-state index contributed by atoms with van der Waals surface area (Å²) in [5.74, 6) is 1.28. The van der Waals surface area contributed by atoms with Crippen LogP contribution in [0.15, 0.2) is 47.1 Å². The highest BCUT2D eigenvalue weighted by molar-refractivity contribution is 5.95. The van der Waals surface area contributed by atoms with E-state index in [9.17, 15) is 4.79 Å². The van der Waals surface area contributed by atoms with Crippen molar-refractivity contribution in [1.29, 1.82) is 0 Å². The zero-order valence-electron chi connectivity index (χ0n) is 14.0. The van der Waals surface area contributed by atoms with Crippen molar-refractivity contribution in [3.05, 3.63) is 53.8 Å². The van der Waals surface area contributed by atoms with E-state index < -0.39 is 0 Å². The van der Waals surface area contributed by atoms with E-state index in [0.29, 0.717) is 30.4 Å². The molecule has 1 N–H and O–H groups in total. The molecule has 1 amide bonds. The summed E-state index contributed by atoms with van der Waals surface area (Å²) in [7, 11) is 0. The van der Waals surface area contributed by atoms with Gasteiger partial charge in [0, 0.05) is 29.1 Å². The largest absolute Gasteiger partial charge is 0.490 e. The van der Waals surface area contributed by atoms with Gasteiger partial charge in [-0.2, -0.15) is 0 Å². The molecular weight excluding hydrogens is 318 g/mol. The van der Waals surface area contributed by atoms with E-state index in [1.807, 2.05) is 37.3 Å². The number of aryl methyl sites for hydroxylation is 1. The summed E-state index contributed by atoms with van der Waals surface area (Å²) in [5, 5.41) is 3.88. The van der Waals surface area contributed by atoms with Crippen LogP contribution < -0.4 is 14.8 Å². The minimum atomic E-state index is -0.0993. The molecule has 1 aliphatic rings. The van der Waals surface area contributed by atoms with E-state index in [4.69, 9.17) is 13.9 Å². The van der Waals surface area contributed by atoms with Crippen molar-refractivity contribution < 1.29 is 18.7 Å². The van der Waals surface area contributed by atoms with E-state index in [1.54, 1.807) is 12.3 Å². The summed E-state index contributed by atoms with van der Waals surface area (Å²) >= 11 is 0. The van der Waals surface area contributed by atoms with Crippen LogP contribution in [0.25, 0.3) is 11.0 Å². The van der Waals surface area contributed by atoms with E-state index >= 15 is 0 Å². The fraction of sp³-hybridized carbons (Fsp3) is 0.250. The van der Waals surface area contributed by atoms with Crippen molar-refractivity contribution in [3.8, 4) is 11.5 Å². The number of nitrogens with one attached hydrogen (secondary N) is 1. The lowest BCUT2D eigenvalue weighted by Crippen LogP contribution is -2.14. The van der Waals surface area contributed by atoms with Gasteiger partial charge in [0.1, 0.15) is 5.58 Å². The molecule has 0 bridgehead atoms. The van der Waals surface area contributed by atoms with E-state index in [-0.39, 0.29) is 12.3 Å². The van der Waals surface area contributed by atoms with Gasteiger partial charge >= 0.3 is 0 Å². The van der Waals surface area contributed by atoms with Gasteiger partial charge in [0.2, 0.25) is 5.91 Å². The number of furan rings is 1. The third-order valence-electron chi connectivity index (χ3n) is 4.19. The van der Waals surface area contributed by atoms with Gasteiger partial charge in [-0.3, -0.25) is 4.79 Å². The third kappa shape index (κ3) is 3.31. The lowest BCUT2D eigenvalue weighted by molar-refractivity contribution is -0.115. The maximum atomic E-state index is 12.4. The van der Waals surface area contributed by atoms with Crippen LogP contribution in [0.1, 0.15) is 17.5 Å². The normalized spacial score (nSPS) is 13.5. The SMILES string of the molecule is Cc1ccc2c(CC(=O)Nc3ccc4c(c3)OCCCO4)coc2c1. The Morgan fingerprint density at radius 3 is 2.80 bits per heavy atom. The highest BCUT2D eigenvalue weighted by Crippen LogP contribution is 2.32. The quantitative estimate of drug-likeness (QED) is 0.782. The number of hydrogen-bond acceptors (Lipinski definition) is 4. The fourth-order valence-corrected chi connectivity index (χ4v) is 2.95. The first-order valence-corrected chi connectivity index (χ1v) is 8.35. The Hall–Kier alpha value is -2.95. The molecule has 0 unspecified atom stereocenters. The molecule has 5 heteroatoms. The minimum Gasteiger partial charge on any atom is -0.490 e. The molecule has 3 aromatic rings. The lowest BCUT2D eigenvalue weighted by atomic mass is 10.1. The molecule has 5 nitrogen and oxygen atoms in total. The van der Waals surface area contributed by atoms with Gasteiger partial charge in [-0.15, -0.1) is 0 Å². The monoisotopic (exact) mass is 337 g/mol. The van der Waals surface area contributed by atoms with Crippen LogP contribution in [0.2, 0.25) is 0 Å². The summed E-state index contributed by atoms with van der Waals surface area (Å²) in [6, 6.07) is 11.4. The van der Waals surface area contributed by atoms with Gasteiger partial charge in [0.05, 0.1) is 25.9 Å². The number of fused-ring (bicyclic) bond motifs is 2. The molecule has 0 fully saturated rings. The van der Waals surface area contributed by atoms with Crippen LogP contribution in [0.4, 0.5) is 5.69 Å². The molecule has 0 spiro atoms. The number of hydrogen-bond donors (Lipinski definition) is 1. The molecule has 2 heterocycles. The number of amides is 1. The van der Waals surface area contributed by atoms with Gasteiger partial charge < -0.3 is 19.2 Å². The number of carbonyl (C=O) groups excluding carboxylic acids is 1. The van der Waals surface area contributed by atoms with Gasteiger partial charge in [0.25, 0.3) is 0 Å². The standard InChI is InChI=1S/C20H19NO4/c1-13-3-5-16-14(12-25-18(16)9-13)10-20(22)21-15-4-6-17-19(11-15)24-8-2-7-23-17/h3-6,9,11-12H,2,7-8,10H2,1H3,(H,21,22). The zero-order valence-corrected chi connectivity index (χ0v) is 14.0. The molecule has 4 rings (SSSR count). The molecule has 1 aliphatic heterocycles. The molecule has 0 radical (unpaired) electrons. The first-order valence-electron chi connectivity index (χ1n) is 8.35. The Balaban J connectivity index is 1.49. The number of carbonyl (C=O) groups is 1. The smallest absolute Gasteiger partial charge is 0.228 e. The molecular formula is C20H19NO4. The minimum absolute atomic E-state index is 0.0993. The Kier molecular flexibility index (Phi) is 4.06. The fourth-order valence-electron chi connectivity index (χ4n) is 2.95. The third-order valence-corrected chi connectivity index (χ3v) is 4.19. The predicted octanol–water partition coefficient (Wildman–Crippen LogP) is 4.08. The Bertz CT molecular complexity index is 929. The number of rotatable bonds is 3. The molecule has 0 atom stereocenters. The Morgan fingerprint density at radius 1 is 1.08 bits per heavy atom. The molecule has 0 aliphatic carbocycles. The molecule has 0 saturated heterocycles. The first kappa shape index (κ1) is 15.6. The van der Waals surface area contributed by atoms with Crippen LogP contribution in [0.5, 0.6) is 11.5 Å². The number of ether oxygens (including phenoxy) is 2. The van der Waals surface area contributed by atoms with Gasteiger partial charge in [0.15, 0.2) is 11.5 Å². The summed E-state index contributed by atoms with van der Waals surface area (Å²) in [6.07, 6.45) is 2.76. The Morgan fingerprint density at radius 2 is 1.92 bits per heavy atom. The van der Waals surface area contributed by atoms with Crippen LogP contribution in [-0.2, 0) is 11.2 Å². The van der Waals surface area contributed by atoms with Crippen LogP contribution in [-0.4, -0.2) is 19.1 Å². The highest BCUT2D eigenvalue weighted by Gasteiger charge is 2.14. The average Bonchev–Trinajstić information content (AvgIpc) is 2.83. The van der Waals surface area contributed by atoms with Crippen LogP contribution in [0, 0.1) is 6.92 Å². The van der Waals surface area contributed by atoms with Crippen molar-refractivity contribution in [2.45, 2.75) is 19.8 Å². The van der Waals surface area contributed by atoms with Crippen molar-refractivity contribution >= 4 is 22.6 Å². The van der Waals surface area contributed by atoms with Crippen molar-refractivity contribution in [3.63, 3.8) is 0 Å². The highest BCUT2D eigenvalue weighted by atomic mass is 16.5. The molecule has 2 aromatic carbocycles. The molecule has 1 aromatic heterocycles. The summed E-state index contributed by atoms with van der Waals surface area (Å²) < 4.78 is 16.8. The second kappa shape index (κ2) is 6.51. The number of benzene rings is 2. The maximum absolute atomic E-state index is 12.4. The average molecular weight is 337 g/mol. The summed E-state index contributed by atoms with van der Waals surface area (Å²) in [4.78, 5) is 12.4. The van der Waals surface area contributed by atoms with Gasteiger partial charge in [-0.1, -0.05) is 12.1 Å². The maximum Gasteiger partial charge on any atom is 0.228 e. The zero-order chi connectivity index (χ0) is 17.2. The second-order valence-electron chi connectivity index (χ2n) is 6.20. The van der Waals surface area contributed by atoms with Crippen molar-refractivity contribution in [2.24, 2.45) is 0 Å². The molecule has 25 heavy (non-hydrogen) atoms. The predicted molar refractivity (Wildman–Crippen MR) is 95.3 cm³/mol. The van der Waals surface area contributed by atoms with Gasteiger partial charge in [-0.05, 0) is 30.7 Å². The second-order valence-corrected chi connectivity index (χ2v) is 6.20. The molecule has 128 valence electrons. The van der Waals surface area contributed by atoms with Crippen molar-refractivity contribution in [1.82, 2.24) is 0 Å². The van der Waals surface area contributed by atoms with E-state index in [1.165, 1.54) is 0 Å². The topological polar surface area (TPSA) is 60.7 Å². The molecule has 0 saturated carbocycles. The number of anilines is 1.